The first kappa shape index (κ1) is 24.5. The normalized spacial score (nSPS) is 23.4. The first-order chi connectivity index (χ1) is 16.7. The third kappa shape index (κ3) is 5.24. The second-order valence-electron chi connectivity index (χ2n) is 7.89. The minimum absolute atomic E-state index is 0.0692. The van der Waals surface area contributed by atoms with Crippen molar-refractivity contribution in [1.82, 2.24) is 16.0 Å². The zero-order valence-electron chi connectivity index (χ0n) is 18.1. The number of carbonyl (C=O) groups excluding carboxylic acids is 3. The second kappa shape index (κ2) is 9.94. The van der Waals surface area contributed by atoms with E-state index in [1.54, 1.807) is 12.1 Å². The molecular weight excluding hydrogens is 503 g/mol. The zero-order valence-corrected chi connectivity index (χ0v) is 19.6. The minimum atomic E-state index is -1.01. The molecule has 2 aliphatic rings. The van der Waals surface area contributed by atoms with Crippen molar-refractivity contribution in [2.75, 3.05) is 17.7 Å². The van der Waals surface area contributed by atoms with Crippen molar-refractivity contribution < 1.29 is 24.0 Å². The van der Waals surface area contributed by atoms with Crippen molar-refractivity contribution >= 4 is 58.0 Å². The quantitative estimate of drug-likeness (QED) is 0.284. The van der Waals surface area contributed by atoms with Crippen molar-refractivity contribution in [2.24, 2.45) is 11.8 Å². The molecule has 2 aliphatic heterocycles. The Kier molecular flexibility index (Phi) is 6.96. The maximum Gasteiger partial charge on any atom is 0.273 e. The number of carbonyl (C=O) groups is 3. The van der Waals surface area contributed by atoms with Crippen LogP contribution in [0.15, 0.2) is 36.4 Å². The predicted octanol–water partition coefficient (Wildman–Crippen LogP) is 2.04. The van der Waals surface area contributed by atoms with Crippen LogP contribution in [-0.2, 0) is 14.4 Å². The topological polar surface area (TPSA) is 164 Å². The molecule has 2 heterocycles. The van der Waals surface area contributed by atoms with Crippen LogP contribution in [-0.4, -0.2) is 42.2 Å². The number of ether oxygens (including phenoxy) is 1. The number of methoxy groups -OCH3 is 1. The molecule has 4 rings (SSSR count). The summed E-state index contributed by atoms with van der Waals surface area (Å²) >= 11 is 12.1. The number of hydrogen-bond acceptors (Lipinski definition) is 8. The van der Waals surface area contributed by atoms with E-state index in [0.29, 0.717) is 15.7 Å². The summed E-state index contributed by atoms with van der Waals surface area (Å²) in [7, 11) is 1.30. The molecule has 14 heteroatoms. The van der Waals surface area contributed by atoms with Crippen molar-refractivity contribution in [2.45, 2.75) is 18.9 Å². The van der Waals surface area contributed by atoms with Gasteiger partial charge in [0.2, 0.25) is 17.7 Å². The number of rotatable bonds is 6. The van der Waals surface area contributed by atoms with E-state index in [1.807, 2.05) is 0 Å². The molecule has 4 unspecified atom stereocenters. The van der Waals surface area contributed by atoms with Gasteiger partial charge in [-0.1, -0.05) is 23.2 Å². The first-order valence-corrected chi connectivity index (χ1v) is 11.1. The number of nitrogens with zero attached hydrogens (tertiary/aromatic N) is 1. The number of non-ortho nitro benzene ring substituents is 1. The number of anilines is 2. The fourth-order valence-electron chi connectivity index (χ4n) is 4.04. The molecule has 12 nitrogen and oxygen atoms in total. The fraction of sp³-hybridized carbons (Fsp3) is 0.286. The molecule has 0 spiro atoms. The number of fused-ring (bicyclic) bond motifs is 1. The lowest BCUT2D eigenvalue weighted by atomic mass is 9.81. The van der Waals surface area contributed by atoms with Crippen LogP contribution in [0, 0.1) is 22.0 Å². The predicted molar refractivity (Wildman–Crippen MR) is 127 cm³/mol. The van der Waals surface area contributed by atoms with Crippen LogP contribution in [0.1, 0.15) is 6.42 Å². The maximum absolute atomic E-state index is 13.1. The molecule has 2 aromatic rings. The molecule has 184 valence electrons. The Labute approximate surface area is 208 Å². The third-order valence-electron chi connectivity index (χ3n) is 5.67. The lowest BCUT2D eigenvalue weighted by Crippen LogP contribution is -2.72. The van der Waals surface area contributed by atoms with Gasteiger partial charge in [0.1, 0.15) is 5.75 Å². The number of nitrogens with one attached hydrogen (secondary N) is 5. The standard InChI is InChI=1S/C21H20Cl2N6O6/c1-35-15-7-10(29(33)34)3-5-14(15)24-19(31)11-8-16(30)26-18-17(11)20(32)28-21(27-18)25-13-4-2-9(22)6-12(13)23/h2-7,11,17-18,21,25,27H,8H2,1H3,(H,24,31)(H,26,30)(H,28,32). The Morgan fingerprint density at radius 3 is 2.57 bits per heavy atom. The smallest absolute Gasteiger partial charge is 0.273 e. The summed E-state index contributed by atoms with van der Waals surface area (Å²) in [5, 5.41) is 25.9. The number of piperidine rings is 1. The van der Waals surface area contributed by atoms with E-state index in [1.165, 1.54) is 31.4 Å². The van der Waals surface area contributed by atoms with Crippen molar-refractivity contribution in [3.63, 3.8) is 0 Å². The van der Waals surface area contributed by atoms with E-state index in [4.69, 9.17) is 27.9 Å². The number of nitro benzene ring substituents is 1. The van der Waals surface area contributed by atoms with E-state index in [0.717, 1.165) is 0 Å². The summed E-state index contributed by atoms with van der Waals surface area (Å²) in [6.07, 6.45) is -1.86. The Hall–Kier alpha value is -3.61. The molecule has 0 aromatic heterocycles. The van der Waals surface area contributed by atoms with Crippen LogP contribution < -0.4 is 31.3 Å². The highest BCUT2D eigenvalue weighted by atomic mass is 35.5. The molecule has 35 heavy (non-hydrogen) atoms. The average molecular weight is 523 g/mol. The SMILES string of the molecule is COc1cc([N+](=O)[O-])ccc1NC(=O)C1CC(=O)NC2NC(Nc3ccc(Cl)cc3Cl)NC(=O)C21. The molecule has 0 bridgehead atoms. The van der Waals surface area contributed by atoms with Gasteiger partial charge in [0, 0.05) is 17.5 Å². The van der Waals surface area contributed by atoms with Gasteiger partial charge in [-0.15, -0.1) is 0 Å². The molecule has 2 fully saturated rings. The van der Waals surface area contributed by atoms with E-state index in [9.17, 15) is 24.5 Å². The third-order valence-corrected chi connectivity index (χ3v) is 6.22. The summed E-state index contributed by atoms with van der Waals surface area (Å²) in [4.78, 5) is 48.9. The average Bonchev–Trinajstić information content (AvgIpc) is 2.80. The highest BCUT2D eigenvalue weighted by Gasteiger charge is 2.48. The summed E-state index contributed by atoms with van der Waals surface area (Å²) < 4.78 is 5.14. The van der Waals surface area contributed by atoms with Gasteiger partial charge in [0.25, 0.3) is 5.69 Å². The van der Waals surface area contributed by atoms with Gasteiger partial charge in [-0.2, -0.15) is 0 Å². The van der Waals surface area contributed by atoms with Gasteiger partial charge in [0.05, 0.1) is 52.5 Å². The number of halogens is 2. The molecular formula is C21H20Cl2N6O6. The van der Waals surface area contributed by atoms with Gasteiger partial charge in [0.15, 0.2) is 6.29 Å². The Balaban J connectivity index is 1.51. The molecule has 5 N–H and O–H groups in total. The minimum Gasteiger partial charge on any atom is -0.494 e. The molecule has 4 atom stereocenters. The second-order valence-corrected chi connectivity index (χ2v) is 8.73. The van der Waals surface area contributed by atoms with E-state index >= 15 is 0 Å². The maximum atomic E-state index is 13.1. The van der Waals surface area contributed by atoms with Gasteiger partial charge < -0.3 is 26.0 Å². The van der Waals surface area contributed by atoms with Crippen LogP contribution >= 0.6 is 23.2 Å². The van der Waals surface area contributed by atoms with Crippen molar-refractivity contribution in [3.8, 4) is 5.75 Å². The Morgan fingerprint density at radius 2 is 1.89 bits per heavy atom. The first-order valence-electron chi connectivity index (χ1n) is 10.4. The number of benzene rings is 2. The molecule has 0 radical (unpaired) electrons. The number of amides is 3. The van der Waals surface area contributed by atoms with Gasteiger partial charge >= 0.3 is 0 Å². The van der Waals surface area contributed by atoms with Gasteiger partial charge in [-0.3, -0.25) is 29.8 Å². The van der Waals surface area contributed by atoms with Gasteiger partial charge in [-0.25, -0.2) is 0 Å². The highest BCUT2D eigenvalue weighted by Crippen LogP contribution is 2.33. The van der Waals surface area contributed by atoms with E-state index in [2.05, 4.69) is 26.6 Å². The monoisotopic (exact) mass is 522 g/mol. The summed E-state index contributed by atoms with van der Waals surface area (Å²) in [6.45, 7) is 0. The molecule has 0 saturated carbocycles. The van der Waals surface area contributed by atoms with Gasteiger partial charge in [-0.05, 0) is 24.3 Å². The van der Waals surface area contributed by atoms with Crippen LogP contribution in [0.5, 0.6) is 5.75 Å². The Bertz CT molecular complexity index is 1210. The Morgan fingerprint density at radius 1 is 1.14 bits per heavy atom. The van der Waals surface area contributed by atoms with Crippen LogP contribution in [0.25, 0.3) is 0 Å². The molecule has 0 aliphatic carbocycles. The van der Waals surface area contributed by atoms with E-state index < -0.39 is 46.9 Å². The molecule has 2 saturated heterocycles. The summed E-state index contributed by atoms with van der Waals surface area (Å²) in [6, 6.07) is 8.50. The lowest BCUT2D eigenvalue weighted by Gasteiger charge is -2.43. The van der Waals surface area contributed by atoms with Crippen LogP contribution in [0.2, 0.25) is 10.0 Å². The molecule has 3 amide bonds. The zero-order chi connectivity index (χ0) is 25.3. The molecule has 2 aromatic carbocycles. The highest BCUT2D eigenvalue weighted by molar-refractivity contribution is 6.36. The fourth-order valence-corrected chi connectivity index (χ4v) is 4.50. The van der Waals surface area contributed by atoms with Crippen LogP contribution in [0.3, 0.4) is 0 Å². The summed E-state index contributed by atoms with van der Waals surface area (Å²) in [5.74, 6) is -3.36. The lowest BCUT2D eigenvalue weighted by molar-refractivity contribution is -0.384. The van der Waals surface area contributed by atoms with Crippen molar-refractivity contribution in [3.05, 3.63) is 56.6 Å². The van der Waals surface area contributed by atoms with E-state index in [-0.39, 0.29) is 23.5 Å². The summed E-state index contributed by atoms with van der Waals surface area (Å²) in [5.41, 5.74) is 0.452. The van der Waals surface area contributed by atoms with Crippen molar-refractivity contribution in [1.29, 1.82) is 0 Å². The number of nitro groups is 1. The largest absolute Gasteiger partial charge is 0.494 e. The number of hydrogen-bond donors (Lipinski definition) is 5. The van der Waals surface area contributed by atoms with Crippen LogP contribution in [0.4, 0.5) is 17.1 Å².